The van der Waals surface area contributed by atoms with Gasteiger partial charge < -0.3 is 15.4 Å². The standard InChI is InChI=1S/C17H34N2O2/c1-3-5-6-7-8-9-14-18-17(20)19-15-10-12-16(13-11-15)21-4-2/h15-16H,3-14H2,1-2H3,(H2,18,19,20). The number of carbonyl (C=O) groups is 1. The van der Waals surface area contributed by atoms with Crippen molar-refractivity contribution in [3.8, 4) is 0 Å². The van der Waals surface area contributed by atoms with E-state index in [1.54, 1.807) is 0 Å². The number of carbonyl (C=O) groups excluding carboxylic acids is 1. The lowest BCUT2D eigenvalue weighted by molar-refractivity contribution is 0.0312. The van der Waals surface area contributed by atoms with Crippen LogP contribution >= 0.6 is 0 Å². The number of hydrogen-bond donors (Lipinski definition) is 2. The number of urea groups is 1. The third kappa shape index (κ3) is 8.97. The average molecular weight is 298 g/mol. The second-order valence-corrected chi connectivity index (χ2v) is 6.10. The highest BCUT2D eigenvalue weighted by atomic mass is 16.5. The monoisotopic (exact) mass is 298 g/mol. The zero-order valence-electron chi connectivity index (χ0n) is 14.0. The van der Waals surface area contributed by atoms with Crippen molar-refractivity contribution < 1.29 is 9.53 Å². The van der Waals surface area contributed by atoms with Gasteiger partial charge in [0.1, 0.15) is 0 Å². The van der Waals surface area contributed by atoms with Gasteiger partial charge in [-0.3, -0.25) is 0 Å². The van der Waals surface area contributed by atoms with Crippen molar-refractivity contribution in [2.24, 2.45) is 0 Å². The maximum atomic E-state index is 11.8. The largest absolute Gasteiger partial charge is 0.379 e. The number of hydrogen-bond acceptors (Lipinski definition) is 2. The van der Waals surface area contributed by atoms with E-state index in [0.717, 1.165) is 45.3 Å². The summed E-state index contributed by atoms with van der Waals surface area (Å²) in [5, 5.41) is 6.06. The fraction of sp³-hybridized carbons (Fsp3) is 0.941. The van der Waals surface area contributed by atoms with Crippen molar-refractivity contribution in [3.63, 3.8) is 0 Å². The molecule has 0 aromatic carbocycles. The van der Waals surface area contributed by atoms with Crippen LogP contribution < -0.4 is 10.6 Å². The first kappa shape index (κ1) is 18.3. The van der Waals surface area contributed by atoms with Gasteiger partial charge in [0.05, 0.1) is 6.10 Å². The van der Waals surface area contributed by atoms with Crippen LogP contribution in [0.25, 0.3) is 0 Å². The Morgan fingerprint density at radius 3 is 2.33 bits per heavy atom. The van der Waals surface area contributed by atoms with Crippen LogP contribution in [0.2, 0.25) is 0 Å². The van der Waals surface area contributed by atoms with E-state index in [2.05, 4.69) is 17.6 Å². The molecule has 0 saturated heterocycles. The Morgan fingerprint density at radius 2 is 1.67 bits per heavy atom. The molecule has 0 aliphatic heterocycles. The van der Waals surface area contributed by atoms with Crippen molar-refractivity contribution in [2.45, 2.75) is 90.2 Å². The summed E-state index contributed by atoms with van der Waals surface area (Å²) in [4.78, 5) is 11.8. The molecule has 21 heavy (non-hydrogen) atoms. The van der Waals surface area contributed by atoms with Crippen molar-refractivity contribution >= 4 is 6.03 Å². The van der Waals surface area contributed by atoms with Crippen LogP contribution in [-0.2, 0) is 4.74 Å². The highest BCUT2D eigenvalue weighted by Crippen LogP contribution is 2.21. The van der Waals surface area contributed by atoms with Crippen LogP contribution in [0.5, 0.6) is 0 Å². The van der Waals surface area contributed by atoms with Gasteiger partial charge in [0.15, 0.2) is 0 Å². The molecule has 0 radical (unpaired) electrons. The number of nitrogens with one attached hydrogen (secondary N) is 2. The molecule has 2 N–H and O–H groups in total. The summed E-state index contributed by atoms with van der Waals surface area (Å²) in [6.45, 7) is 5.86. The third-order valence-corrected chi connectivity index (χ3v) is 4.23. The summed E-state index contributed by atoms with van der Waals surface area (Å²) in [6.07, 6.45) is 12.2. The number of amides is 2. The lowest BCUT2D eigenvalue weighted by atomic mass is 9.93. The fourth-order valence-electron chi connectivity index (χ4n) is 2.95. The highest BCUT2D eigenvalue weighted by molar-refractivity contribution is 5.74. The zero-order valence-corrected chi connectivity index (χ0v) is 14.0. The normalized spacial score (nSPS) is 22.0. The molecular weight excluding hydrogens is 264 g/mol. The molecule has 0 spiro atoms. The maximum absolute atomic E-state index is 11.8. The van der Waals surface area contributed by atoms with Gasteiger partial charge >= 0.3 is 6.03 Å². The molecule has 0 aromatic rings. The van der Waals surface area contributed by atoms with Gasteiger partial charge in [-0.1, -0.05) is 39.0 Å². The van der Waals surface area contributed by atoms with Crippen LogP contribution in [-0.4, -0.2) is 31.3 Å². The highest BCUT2D eigenvalue weighted by Gasteiger charge is 2.22. The summed E-state index contributed by atoms with van der Waals surface area (Å²) in [5.74, 6) is 0. The van der Waals surface area contributed by atoms with Crippen molar-refractivity contribution in [1.29, 1.82) is 0 Å². The molecule has 2 amide bonds. The molecular formula is C17H34N2O2. The van der Waals surface area contributed by atoms with E-state index in [-0.39, 0.29) is 6.03 Å². The lowest BCUT2D eigenvalue weighted by Crippen LogP contribution is -2.44. The molecule has 0 heterocycles. The molecule has 0 aromatic heterocycles. The Hall–Kier alpha value is -0.770. The van der Waals surface area contributed by atoms with Crippen LogP contribution in [0, 0.1) is 0 Å². The molecule has 0 bridgehead atoms. The molecule has 1 fully saturated rings. The first-order chi connectivity index (χ1) is 10.3. The van der Waals surface area contributed by atoms with Gasteiger partial charge in [0.25, 0.3) is 0 Å². The lowest BCUT2D eigenvalue weighted by Gasteiger charge is -2.28. The van der Waals surface area contributed by atoms with Gasteiger partial charge in [0.2, 0.25) is 0 Å². The van der Waals surface area contributed by atoms with E-state index in [4.69, 9.17) is 4.74 Å². The summed E-state index contributed by atoms with van der Waals surface area (Å²) in [7, 11) is 0. The predicted octanol–water partition coefficient (Wildman–Crippen LogP) is 3.99. The van der Waals surface area contributed by atoms with Gasteiger partial charge in [-0.15, -0.1) is 0 Å². The quantitative estimate of drug-likeness (QED) is 0.599. The Labute approximate surface area is 130 Å². The van der Waals surface area contributed by atoms with Gasteiger partial charge in [-0.05, 0) is 39.0 Å². The smallest absolute Gasteiger partial charge is 0.315 e. The summed E-state index contributed by atoms with van der Waals surface area (Å²) >= 11 is 0. The summed E-state index contributed by atoms with van der Waals surface area (Å²) in [5.41, 5.74) is 0. The van der Waals surface area contributed by atoms with E-state index < -0.39 is 0 Å². The molecule has 4 nitrogen and oxygen atoms in total. The first-order valence-electron chi connectivity index (χ1n) is 8.92. The predicted molar refractivity (Wildman–Crippen MR) is 87.6 cm³/mol. The topological polar surface area (TPSA) is 50.4 Å². The number of ether oxygens (including phenoxy) is 1. The summed E-state index contributed by atoms with van der Waals surface area (Å²) < 4.78 is 5.63. The molecule has 1 aliphatic rings. The Bertz CT molecular complexity index is 264. The Balaban J connectivity index is 1.96. The SMILES string of the molecule is CCCCCCCCNC(=O)NC1CCC(OCC)CC1. The number of rotatable bonds is 10. The van der Waals surface area contributed by atoms with E-state index in [9.17, 15) is 4.79 Å². The fourth-order valence-corrected chi connectivity index (χ4v) is 2.95. The van der Waals surface area contributed by atoms with Crippen LogP contribution in [0.15, 0.2) is 0 Å². The van der Waals surface area contributed by atoms with E-state index in [0.29, 0.717) is 12.1 Å². The molecule has 4 heteroatoms. The molecule has 1 saturated carbocycles. The Kier molecular flexibility index (Phi) is 10.3. The van der Waals surface area contributed by atoms with Crippen LogP contribution in [0.3, 0.4) is 0 Å². The van der Waals surface area contributed by atoms with E-state index >= 15 is 0 Å². The average Bonchev–Trinajstić information content (AvgIpc) is 2.49. The minimum atomic E-state index is 0.00316. The molecule has 124 valence electrons. The van der Waals surface area contributed by atoms with Crippen molar-refractivity contribution in [3.05, 3.63) is 0 Å². The second kappa shape index (κ2) is 11.8. The molecule has 0 atom stereocenters. The van der Waals surface area contributed by atoms with E-state index in [1.807, 2.05) is 6.92 Å². The minimum Gasteiger partial charge on any atom is -0.379 e. The first-order valence-corrected chi connectivity index (χ1v) is 8.92. The maximum Gasteiger partial charge on any atom is 0.315 e. The van der Waals surface area contributed by atoms with Crippen molar-refractivity contribution in [2.75, 3.05) is 13.2 Å². The molecule has 1 aliphatic carbocycles. The minimum absolute atomic E-state index is 0.00316. The third-order valence-electron chi connectivity index (χ3n) is 4.23. The summed E-state index contributed by atoms with van der Waals surface area (Å²) in [6, 6.07) is 0.328. The van der Waals surface area contributed by atoms with Gasteiger partial charge in [-0.2, -0.15) is 0 Å². The van der Waals surface area contributed by atoms with Gasteiger partial charge in [0, 0.05) is 19.2 Å². The van der Waals surface area contributed by atoms with Crippen molar-refractivity contribution in [1.82, 2.24) is 10.6 Å². The second-order valence-electron chi connectivity index (χ2n) is 6.10. The van der Waals surface area contributed by atoms with Crippen LogP contribution in [0.4, 0.5) is 4.79 Å². The van der Waals surface area contributed by atoms with E-state index in [1.165, 1.54) is 32.1 Å². The van der Waals surface area contributed by atoms with Gasteiger partial charge in [-0.25, -0.2) is 4.79 Å². The molecule has 0 unspecified atom stereocenters. The number of unbranched alkanes of at least 4 members (excludes halogenated alkanes) is 5. The van der Waals surface area contributed by atoms with Crippen LogP contribution in [0.1, 0.15) is 78.1 Å². The Morgan fingerprint density at radius 1 is 1.00 bits per heavy atom. The molecule has 1 rings (SSSR count). The zero-order chi connectivity index (χ0) is 15.3.